The van der Waals surface area contributed by atoms with Crippen molar-refractivity contribution in [3.05, 3.63) is 53.4 Å². The van der Waals surface area contributed by atoms with Crippen molar-refractivity contribution in [2.75, 3.05) is 25.6 Å². The fourth-order valence-corrected chi connectivity index (χ4v) is 3.91. The van der Waals surface area contributed by atoms with Crippen LogP contribution in [0.4, 0.5) is 5.13 Å². The van der Waals surface area contributed by atoms with Gasteiger partial charge in [-0.2, -0.15) is 0 Å². The summed E-state index contributed by atoms with van der Waals surface area (Å²) in [7, 11) is 1.58. The summed E-state index contributed by atoms with van der Waals surface area (Å²) in [6.07, 6.45) is 1.03. The number of amides is 1. The number of methoxy groups -OCH3 is 1. The standard InChI is InChI=1S/C23H22N2O5S/c1-28-17-8-5-15(6-9-17)19(26)3-2-4-22(27)25-23-24-18(14-31-23)16-7-10-20-21(13-16)30-12-11-29-20/h5-10,13-14H,2-4,11-12H2,1H3,(H,24,25,27). The van der Waals surface area contributed by atoms with Gasteiger partial charge in [-0.05, 0) is 48.9 Å². The predicted octanol–water partition coefficient (Wildman–Crippen LogP) is 4.58. The van der Waals surface area contributed by atoms with Crippen LogP contribution in [-0.2, 0) is 4.79 Å². The molecular weight excluding hydrogens is 416 g/mol. The first-order valence-corrected chi connectivity index (χ1v) is 10.8. The van der Waals surface area contributed by atoms with E-state index in [1.165, 1.54) is 11.3 Å². The number of ether oxygens (including phenoxy) is 3. The molecule has 0 saturated heterocycles. The summed E-state index contributed by atoms with van der Waals surface area (Å²) in [5, 5.41) is 5.22. The molecule has 7 nitrogen and oxygen atoms in total. The molecule has 2 heterocycles. The van der Waals surface area contributed by atoms with E-state index >= 15 is 0 Å². The number of rotatable bonds is 8. The van der Waals surface area contributed by atoms with Crippen molar-refractivity contribution >= 4 is 28.2 Å². The van der Waals surface area contributed by atoms with Gasteiger partial charge in [0.2, 0.25) is 5.91 Å². The Balaban J connectivity index is 1.27. The summed E-state index contributed by atoms with van der Waals surface area (Å²) in [5.74, 6) is 1.97. The highest BCUT2D eigenvalue weighted by Crippen LogP contribution is 2.35. The zero-order chi connectivity index (χ0) is 21.6. The first-order chi connectivity index (χ1) is 15.1. The molecule has 0 aliphatic carbocycles. The fraction of sp³-hybridized carbons (Fsp3) is 0.261. The molecule has 0 saturated carbocycles. The van der Waals surface area contributed by atoms with Crippen LogP contribution in [-0.4, -0.2) is 37.0 Å². The third kappa shape index (κ3) is 5.21. The number of hydrogen-bond donors (Lipinski definition) is 1. The first-order valence-electron chi connectivity index (χ1n) is 9.95. The van der Waals surface area contributed by atoms with Crippen molar-refractivity contribution in [3.8, 4) is 28.5 Å². The van der Waals surface area contributed by atoms with Crippen LogP contribution in [0.3, 0.4) is 0 Å². The SMILES string of the molecule is COc1ccc(C(=O)CCCC(=O)Nc2nc(-c3ccc4c(c3)OCCO4)cs2)cc1. The number of ketones is 1. The maximum atomic E-state index is 12.2. The third-order valence-electron chi connectivity index (χ3n) is 4.81. The molecule has 31 heavy (non-hydrogen) atoms. The minimum atomic E-state index is -0.161. The Morgan fingerprint density at radius 2 is 1.84 bits per heavy atom. The second-order valence-electron chi connectivity index (χ2n) is 6.95. The number of carbonyl (C=O) groups excluding carboxylic acids is 2. The van der Waals surface area contributed by atoms with Crippen molar-refractivity contribution in [2.24, 2.45) is 0 Å². The molecule has 1 aliphatic heterocycles. The van der Waals surface area contributed by atoms with Gasteiger partial charge < -0.3 is 19.5 Å². The molecular formula is C23H22N2O5S. The van der Waals surface area contributed by atoms with Crippen molar-refractivity contribution in [1.29, 1.82) is 0 Å². The average molecular weight is 439 g/mol. The Bertz CT molecular complexity index is 1080. The Labute approximate surface area is 184 Å². The molecule has 0 radical (unpaired) electrons. The lowest BCUT2D eigenvalue weighted by molar-refractivity contribution is -0.116. The second-order valence-corrected chi connectivity index (χ2v) is 7.81. The highest BCUT2D eigenvalue weighted by Gasteiger charge is 2.15. The maximum Gasteiger partial charge on any atom is 0.226 e. The Morgan fingerprint density at radius 3 is 2.61 bits per heavy atom. The summed E-state index contributed by atoms with van der Waals surface area (Å²) in [5.41, 5.74) is 2.27. The van der Waals surface area contributed by atoms with Gasteiger partial charge in [0.1, 0.15) is 19.0 Å². The molecule has 4 rings (SSSR count). The van der Waals surface area contributed by atoms with E-state index < -0.39 is 0 Å². The second kappa shape index (κ2) is 9.61. The normalized spacial score (nSPS) is 12.3. The summed E-state index contributed by atoms with van der Waals surface area (Å²) in [6.45, 7) is 1.07. The van der Waals surface area contributed by atoms with E-state index in [4.69, 9.17) is 14.2 Å². The Morgan fingerprint density at radius 1 is 1.06 bits per heavy atom. The van der Waals surface area contributed by atoms with Gasteiger partial charge in [0.05, 0.1) is 12.8 Å². The molecule has 0 fully saturated rings. The molecule has 0 spiro atoms. The van der Waals surface area contributed by atoms with E-state index in [-0.39, 0.29) is 18.1 Å². The topological polar surface area (TPSA) is 86.8 Å². The van der Waals surface area contributed by atoms with Crippen molar-refractivity contribution in [2.45, 2.75) is 19.3 Å². The summed E-state index contributed by atoms with van der Waals surface area (Å²) >= 11 is 1.36. The van der Waals surface area contributed by atoms with Gasteiger partial charge in [0.25, 0.3) is 0 Å². The number of fused-ring (bicyclic) bond motifs is 1. The number of nitrogens with zero attached hydrogens (tertiary/aromatic N) is 1. The van der Waals surface area contributed by atoms with Crippen molar-refractivity contribution in [3.63, 3.8) is 0 Å². The lowest BCUT2D eigenvalue weighted by atomic mass is 10.1. The molecule has 2 aromatic carbocycles. The molecule has 0 bridgehead atoms. The van der Waals surface area contributed by atoms with Crippen LogP contribution in [0.5, 0.6) is 17.2 Å². The minimum absolute atomic E-state index is 0.00518. The number of carbonyl (C=O) groups is 2. The van der Waals surface area contributed by atoms with Gasteiger partial charge in [-0.1, -0.05) is 0 Å². The fourth-order valence-electron chi connectivity index (χ4n) is 3.18. The predicted molar refractivity (Wildman–Crippen MR) is 118 cm³/mol. The van der Waals surface area contributed by atoms with E-state index in [2.05, 4.69) is 10.3 Å². The lowest BCUT2D eigenvalue weighted by Gasteiger charge is -2.18. The monoisotopic (exact) mass is 438 g/mol. The van der Waals surface area contributed by atoms with Gasteiger partial charge in [0, 0.05) is 29.3 Å². The number of Topliss-reactive ketones (excluding diaryl/α,β-unsaturated/α-hetero) is 1. The molecule has 1 aliphatic rings. The Hall–Kier alpha value is -3.39. The zero-order valence-corrected chi connectivity index (χ0v) is 17.9. The van der Waals surface area contributed by atoms with Gasteiger partial charge in [0.15, 0.2) is 22.4 Å². The largest absolute Gasteiger partial charge is 0.497 e. The van der Waals surface area contributed by atoms with Crippen molar-refractivity contribution in [1.82, 2.24) is 4.98 Å². The van der Waals surface area contributed by atoms with Crippen LogP contribution in [0.1, 0.15) is 29.6 Å². The lowest BCUT2D eigenvalue weighted by Crippen LogP contribution is -2.15. The minimum Gasteiger partial charge on any atom is -0.497 e. The molecule has 1 aromatic heterocycles. The van der Waals surface area contributed by atoms with Crippen LogP contribution in [0.25, 0.3) is 11.3 Å². The average Bonchev–Trinajstić information content (AvgIpc) is 3.27. The molecule has 1 N–H and O–H groups in total. The molecule has 0 atom stereocenters. The molecule has 3 aromatic rings. The van der Waals surface area contributed by atoms with E-state index in [1.54, 1.807) is 31.4 Å². The van der Waals surface area contributed by atoms with Gasteiger partial charge in [-0.15, -0.1) is 11.3 Å². The third-order valence-corrected chi connectivity index (χ3v) is 5.57. The molecule has 1 amide bonds. The summed E-state index contributed by atoms with van der Waals surface area (Å²) < 4.78 is 16.2. The number of hydrogen-bond acceptors (Lipinski definition) is 7. The van der Waals surface area contributed by atoms with Crippen LogP contribution >= 0.6 is 11.3 Å². The van der Waals surface area contributed by atoms with Crippen LogP contribution in [0, 0.1) is 0 Å². The number of benzene rings is 2. The molecule has 0 unspecified atom stereocenters. The highest BCUT2D eigenvalue weighted by molar-refractivity contribution is 7.14. The van der Waals surface area contributed by atoms with Crippen LogP contribution in [0.15, 0.2) is 47.8 Å². The van der Waals surface area contributed by atoms with E-state index in [1.807, 2.05) is 23.6 Å². The van der Waals surface area contributed by atoms with Crippen LogP contribution < -0.4 is 19.5 Å². The first kappa shape index (κ1) is 20.9. The van der Waals surface area contributed by atoms with Gasteiger partial charge in [-0.25, -0.2) is 4.98 Å². The molecule has 8 heteroatoms. The zero-order valence-electron chi connectivity index (χ0n) is 17.1. The van der Waals surface area contributed by atoms with E-state index in [0.717, 1.165) is 17.0 Å². The summed E-state index contributed by atoms with van der Waals surface area (Å²) in [6, 6.07) is 12.6. The number of nitrogens with one attached hydrogen (secondary N) is 1. The number of anilines is 1. The van der Waals surface area contributed by atoms with E-state index in [0.29, 0.717) is 48.2 Å². The highest BCUT2D eigenvalue weighted by atomic mass is 32.1. The Kier molecular flexibility index (Phi) is 6.47. The van der Waals surface area contributed by atoms with Crippen LogP contribution in [0.2, 0.25) is 0 Å². The smallest absolute Gasteiger partial charge is 0.226 e. The van der Waals surface area contributed by atoms with Gasteiger partial charge in [-0.3, -0.25) is 9.59 Å². The van der Waals surface area contributed by atoms with E-state index in [9.17, 15) is 9.59 Å². The molecule has 160 valence electrons. The summed E-state index contributed by atoms with van der Waals surface area (Å²) in [4.78, 5) is 29.0. The van der Waals surface area contributed by atoms with Gasteiger partial charge >= 0.3 is 0 Å². The number of aromatic nitrogens is 1. The maximum absolute atomic E-state index is 12.2. The number of thiazole rings is 1. The quantitative estimate of drug-likeness (QED) is 0.518. The van der Waals surface area contributed by atoms with Crippen molar-refractivity contribution < 1.29 is 23.8 Å².